The summed E-state index contributed by atoms with van der Waals surface area (Å²) >= 11 is 0. The number of aliphatic hydroxyl groups excluding tert-OH is 1. The summed E-state index contributed by atoms with van der Waals surface area (Å²) in [4.78, 5) is 0. The van der Waals surface area contributed by atoms with Gasteiger partial charge in [-0.2, -0.15) is 0 Å². The third-order valence-corrected chi connectivity index (χ3v) is 2.27. The molecule has 1 rings (SSSR count). The van der Waals surface area contributed by atoms with Gasteiger partial charge in [0, 0.05) is 0 Å². The van der Waals surface area contributed by atoms with Crippen LogP contribution >= 0.6 is 0 Å². The van der Waals surface area contributed by atoms with Gasteiger partial charge in [-0.1, -0.05) is 13.3 Å². The smallest absolute Gasteiger partial charge is 0.0838 e. The van der Waals surface area contributed by atoms with Crippen molar-refractivity contribution in [2.75, 3.05) is 6.61 Å². The van der Waals surface area contributed by atoms with Crippen molar-refractivity contribution in [2.45, 2.75) is 38.9 Å². The highest BCUT2D eigenvalue weighted by atomic mass is 16.5. The van der Waals surface area contributed by atoms with E-state index in [0.29, 0.717) is 12.0 Å². The van der Waals surface area contributed by atoms with Gasteiger partial charge in [-0.25, -0.2) is 0 Å². The zero-order chi connectivity index (χ0) is 7.56. The Kier molecular flexibility index (Phi) is 2.69. The normalized spacial score (nSPS) is 40.5. The Balaban J connectivity index is 2.41. The van der Waals surface area contributed by atoms with E-state index in [1.54, 1.807) is 0 Å². The first-order valence-corrected chi connectivity index (χ1v) is 4.04. The van der Waals surface area contributed by atoms with Crippen LogP contribution in [0.3, 0.4) is 0 Å². The second-order valence-electron chi connectivity index (χ2n) is 3.07. The molecule has 2 heteroatoms. The van der Waals surface area contributed by atoms with Crippen molar-refractivity contribution < 1.29 is 9.84 Å². The summed E-state index contributed by atoms with van der Waals surface area (Å²) in [6.45, 7) is 4.40. The van der Waals surface area contributed by atoms with Gasteiger partial charge in [-0.15, -0.1) is 0 Å². The summed E-state index contributed by atoms with van der Waals surface area (Å²) in [7, 11) is 0. The lowest BCUT2D eigenvalue weighted by molar-refractivity contribution is 0.00623. The average Bonchev–Trinajstić information content (AvgIpc) is 2.30. The molecular formula is C8H16O2. The fraction of sp³-hybridized carbons (Fsp3) is 1.00. The van der Waals surface area contributed by atoms with Gasteiger partial charge in [0.2, 0.25) is 0 Å². The molecular weight excluding hydrogens is 128 g/mol. The maximum atomic E-state index is 8.86. The van der Waals surface area contributed by atoms with Gasteiger partial charge in [0.1, 0.15) is 0 Å². The van der Waals surface area contributed by atoms with E-state index in [1.165, 1.54) is 0 Å². The van der Waals surface area contributed by atoms with E-state index in [-0.39, 0.29) is 12.7 Å². The summed E-state index contributed by atoms with van der Waals surface area (Å²) in [6.07, 6.45) is 2.69. The molecule has 2 nitrogen and oxygen atoms in total. The number of rotatable bonds is 2. The van der Waals surface area contributed by atoms with E-state index in [1.807, 2.05) is 0 Å². The average molecular weight is 144 g/mol. The van der Waals surface area contributed by atoms with E-state index >= 15 is 0 Å². The molecule has 1 fully saturated rings. The van der Waals surface area contributed by atoms with Gasteiger partial charge in [0.15, 0.2) is 0 Å². The third kappa shape index (κ3) is 1.50. The first kappa shape index (κ1) is 8.02. The van der Waals surface area contributed by atoms with Crippen molar-refractivity contribution in [2.24, 2.45) is 5.92 Å². The van der Waals surface area contributed by atoms with Crippen molar-refractivity contribution in [1.29, 1.82) is 0 Å². The van der Waals surface area contributed by atoms with Gasteiger partial charge in [0.25, 0.3) is 0 Å². The van der Waals surface area contributed by atoms with Crippen LogP contribution in [-0.2, 0) is 4.74 Å². The van der Waals surface area contributed by atoms with Crippen LogP contribution in [0.4, 0.5) is 0 Å². The topological polar surface area (TPSA) is 29.5 Å². The van der Waals surface area contributed by atoms with Gasteiger partial charge in [-0.3, -0.25) is 0 Å². The fourth-order valence-electron chi connectivity index (χ4n) is 1.66. The van der Waals surface area contributed by atoms with Crippen molar-refractivity contribution in [3.63, 3.8) is 0 Å². The molecule has 0 aliphatic carbocycles. The first-order chi connectivity index (χ1) is 4.77. The molecule has 0 aromatic rings. The predicted molar refractivity (Wildman–Crippen MR) is 39.8 cm³/mol. The van der Waals surface area contributed by atoms with Crippen molar-refractivity contribution in [3.8, 4) is 0 Å². The van der Waals surface area contributed by atoms with Crippen molar-refractivity contribution in [3.05, 3.63) is 0 Å². The summed E-state index contributed by atoms with van der Waals surface area (Å²) in [5, 5.41) is 8.86. The Morgan fingerprint density at radius 1 is 1.60 bits per heavy atom. The molecule has 1 aliphatic heterocycles. The Hall–Kier alpha value is -0.0800. The fourth-order valence-corrected chi connectivity index (χ4v) is 1.66. The summed E-state index contributed by atoms with van der Waals surface area (Å²) in [6, 6.07) is 0. The number of hydrogen-bond donors (Lipinski definition) is 1. The number of aliphatic hydroxyl groups is 1. The summed E-state index contributed by atoms with van der Waals surface area (Å²) in [5.74, 6) is 0.583. The van der Waals surface area contributed by atoms with Crippen molar-refractivity contribution in [1.82, 2.24) is 0 Å². The minimum absolute atomic E-state index is 0.111. The third-order valence-electron chi connectivity index (χ3n) is 2.27. The Bertz CT molecular complexity index is 91.4. The Labute approximate surface area is 62.2 Å². The molecule has 1 heterocycles. The van der Waals surface area contributed by atoms with Crippen LogP contribution in [0.15, 0.2) is 0 Å². The van der Waals surface area contributed by atoms with E-state index in [0.717, 1.165) is 12.8 Å². The maximum Gasteiger partial charge on any atom is 0.0838 e. The van der Waals surface area contributed by atoms with Gasteiger partial charge in [-0.05, 0) is 19.3 Å². The lowest BCUT2D eigenvalue weighted by Crippen LogP contribution is -2.19. The molecule has 0 bridgehead atoms. The second kappa shape index (κ2) is 3.35. The summed E-state index contributed by atoms with van der Waals surface area (Å²) < 4.78 is 5.46. The molecule has 0 radical (unpaired) electrons. The van der Waals surface area contributed by atoms with Crippen molar-refractivity contribution >= 4 is 0 Å². The Morgan fingerprint density at radius 2 is 2.30 bits per heavy atom. The molecule has 0 saturated carbocycles. The molecule has 3 atom stereocenters. The van der Waals surface area contributed by atoms with Crippen LogP contribution < -0.4 is 0 Å². The van der Waals surface area contributed by atoms with E-state index in [2.05, 4.69) is 13.8 Å². The zero-order valence-corrected chi connectivity index (χ0v) is 6.71. The van der Waals surface area contributed by atoms with Crippen LogP contribution in [0.5, 0.6) is 0 Å². The number of ether oxygens (including phenoxy) is 1. The molecule has 1 saturated heterocycles. The molecule has 60 valence electrons. The van der Waals surface area contributed by atoms with Crippen LogP contribution in [0.1, 0.15) is 26.7 Å². The molecule has 10 heavy (non-hydrogen) atoms. The van der Waals surface area contributed by atoms with Gasteiger partial charge < -0.3 is 9.84 Å². The molecule has 0 amide bonds. The Morgan fingerprint density at radius 3 is 2.70 bits per heavy atom. The van der Waals surface area contributed by atoms with Crippen LogP contribution in [0.25, 0.3) is 0 Å². The summed E-state index contributed by atoms with van der Waals surface area (Å²) in [5.41, 5.74) is 0. The standard InChI is InChI=1S/C8H16O2/c1-3-7-4-6(2)10-8(7)5-9/h6-9H,3-5H2,1-2H3/t6?,7-,8+/m0/s1. The lowest BCUT2D eigenvalue weighted by atomic mass is 9.97. The maximum absolute atomic E-state index is 8.86. The van der Waals surface area contributed by atoms with Crippen LogP contribution in [0.2, 0.25) is 0 Å². The van der Waals surface area contributed by atoms with E-state index in [9.17, 15) is 0 Å². The molecule has 1 unspecified atom stereocenters. The predicted octanol–water partition coefficient (Wildman–Crippen LogP) is 1.18. The largest absolute Gasteiger partial charge is 0.394 e. The molecule has 1 aliphatic rings. The van der Waals surface area contributed by atoms with Crippen LogP contribution in [0, 0.1) is 5.92 Å². The van der Waals surface area contributed by atoms with E-state index in [4.69, 9.17) is 9.84 Å². The van der Waals surface area contributed by atoms with E-state index < -0.39 is 0 Å². The minimum atomic E-state index is 0.111. The van der Waals surface area contributed by atoms with Gasteiger partial charge >= 0.3 is 0 Å². The minimum Gasteiger partial charge on any atom is -0.394 e. The highest BCUT2D eigenvalue weighted by molar-refractivity contribution is 4.78. The second-order valence-corrected chi connectivity index (χ2v) is 3.07. The van der Waals surface area contributed by atoms with Crippen LogP contribution in [-0.4, -0.2) is 23.9 Å². The molecule has 0 spiro atoms. The highest BCUT2D eigenvalue weighted by Crippen LogP contribution is 2.28. The SMILES string of the molecule is CC[C@H]1CC(C)O[C@@H]1CO. The quantitative estimate of drug-likeness (QED) is 0.630. The monoisotopic (exact) mass is 144 g/mol. The molecule has 0 aromatic carbocycles. The highest BCUT2D eigenvalue weighted by Gasteiger charge is 2.30. The number of hydrogen-bond acceptors (Lipinski definition) is 2. The zero-order valence-electron chi connectivity index (χ0n) is 6.71. The first-order valence-electron chi connectivity index (χ1n) is 4.04. The lowest BCUT2D eigenvalue weighted by Gasteiger charge is -2.12. The molecule has 1 N–H and O–H groups in total. The van der Waals surface area contributed by atoms with Gasteiger partial charge in [0.05, 0.1) is 18.8 Å². The molecule has 0 aromatic heterocycles.